The van der Waals surface area contributed by atoms with E-state index in [1.165, 1.54) is 35.5 Å². The number of urea groups is 1. The summed E-state index contributed by atoms with van der Waals surface area (Å²) in [6.07, 6.45) is -1.81. The summed E-state index contributed by atoms with van der Waals surface area (Å²) in [5.41, 5.74) is -1.19. The van der Waals surface area contributed by atoms with Crippen LogP contribution in [0.25, 0.3) is 0 Å². The van der Waals surface area contributed by atoms with Gasteiger partial charge in [0.1, 0.15) is 12.2 Å². The molecule has 27 heavy (non-hydrogen) atoms. The van der Waals surface area contributed by atoms with Crippen LogP contribution in [0.2, 0.25) is 0 Å². The summed E-state index contributed by atoms with van der Waals surface area (Å²) >= 11 is 0. The van der Waals surface area contributed by atoms with Crippen molar-refractivity contribution >= 4 is 11.7 Å². The molecule has 1 aliphatic heterocycles. The van der Waals surface area contributed by atoms with Crippen LogP contribution in [0.5, 0.6) is 5.88 Å². The molecule has 3 rings (SSSR count). The van der Waals surface area contributed by atoms with Gasteiger partial charge in [-0.15, -0.1) is 0 Å². The molecule has 1 N–H and O–H groups in total. The molecule has 0 spiro atoms. The highest BCUT2D eigenvalue weighted by Crippen LogP contribution is 2.34. The molecule has 0 radical (unpaired) electrons. The molecule has 1 atom stereocenters. The minimum Gasteiger partial charge on any atom is -0.470 e. The van der Waals surface area contributed by atoms with Gasteiger partial charge in [0.2, 0.25) is 5.69 Å². The summed E-state index contributed by atoms with van der Waals surface area (Å²) in [5.74, 6) is 0.0645. The zero-order valence-corrected chi connectivity index (χ0v) is 13.9. The maximum Gasteiger partial charge on any atom is 0.418 e. The predicted octanol–water partition coefficient (Wildman–Crippen LogP) is 3.05. The molecule has 1 aliphatic rings. The standard InChI is InChI=1S/C17H14F3N5O2/c18-17(19,20)12-3-1-2-4-13(12)24-16(26)25-8-5-11(10-25)27-15-14(9-21)22-6-7-23-15/h1-4,6-7,11H,5,8,10H2,(H,24,26). The van der Waals surface area contributed by atoms with Crippen molar-refractivity contribution < 1.29 is 22.7 Å². The summed E-state index contributed by atoms with van der Waals surface area (Å²) in [4.78, 5) is 21.4. The summed E-state index contributed by atoms with van der Waals surface area (Å²) in [6, 6.07) is 5.98. The quantitative estimate of drug-likeness (QED) is 0.888. The van der Waals surface area contributed by atoms with Crippen LogP contribution in [0.4, 0.5) is 23.7 Å². The second-order valence-corrected chi connectivity index (χ2v) is 5.77. The van der Waals surface area contributed by atoms with Crippen LogP contribution in [0, 0.1) is 11.3 Å². The Morgan fingerprint density at radius 1 is 1.30 bits per heavy atom. The molecule has 2 aromatic rings. The van der Waals surface area contributed by atoms with Gasteiger partial charge in [-0.2, -0.15) is 18.4 Å². The van der Waals surface area contributed by atoms with Gasteiger partial charge in [0, 0.05) is 25.4 Å². The van der Waals surface area contributed by atoms with E-state index in [4.69, 9.17) is 10.00 Å². The van der Waals surface area contributed by atoms with E-state index in [1.54, 1.807) is 0 Å². The van der Waals surface area contributed by atoms with Crippen LogP contribution in [-0.4, -0.2) is 40.1 Å². The number of likely N-dealkylation sites (tertiary alicyclic amines) is 1. The largest absolute Gasteiger partial charge is 0.470 e. The number of ether oxygens (including phenoxy) is 1. The fraction of sp³-hybridized carbons (Fsp3) is 0.294. The Bertz CT molecular complexity index is 881. The van der Waals surface area contributed by atoms with Gasteiger partial charge in [-0.05, 0) is 12.1 Å². The van der Waals surface area contributed by atoms with E-state index in [2.05, 4.69) is 15.3 Å². The van der Waals surface area contributed by atoms with Gasteiger partial charge in [-0.3, -0.25) is 0 Å². The Balaban J connectivity index is 1.64. The van der Waals surface area contributed by atoms with Gasteiger partial charge in [0.25, 0.3) is 5.88 Å². The van der Waals surface area contributed by atoms with Crippen LogP contribution >= 0.6 is 0 Å². The Kier molecular flexibility index (Phi) is 5.12. The van der Waals surface area contributed by atoms with Crippen molar-refractivity contribution in [3.63, 3.8) is 0 Å². The highest BCUT2D eigenvalue weighted by Gasteiger charge is 2.35. The lowest BCUT2D eigenvalue weighted by Crippen LogP contribution is -2.35. The van der Waals surface area contributed by atoms with Gasteiger partial charge in [-0.1, -0.05) is 12.1 Å². The average Bonchev–Trinajstić information content (AvgIpc) is 3.10. The third kappa shape index (κ3) is 4.25. The molecule has 0 saturated carbocycles. The molecule has 1 saturated heterocycles. The Morgan fingerprint density at radius 2 is 2.04 bits per heavy atom. The Hall–Kier alpha value is -3.35. The zero-order valence-electron chi connectivity index (χ0n) is 13.9. The molecule has 1 aromatic carbocycles. The van der Waals surface area contributed by atoms with Crippen molar-refractivity contribution in [1.82, 2.24) is 14.9 Å². The molecule has 1 unspecified atom stereocenters. The Morgan fingerprint density at radius 3 is 2.78 bits per heavy atom. The molecule has 140 valence electrons. The van der Waals surface area contributed by atoms with E-state index in [9.17, 15) is 18.0 Å². The van der Waals surface area contributed by atoms with Gasteiger partial charge >= 0.3 is 12.2 Å². The van der Waals surface area contributed by atoms with Crippen LogP contribution in [0.3, 0.4) is 0 Å². The zero-order chi connectivity index (χ0) is 19.4. The van der Waals surface area contributed by atoms with Gasteiger partial charge in [-0.25, -0.2) is 14.8 Å². The van der Waals surface area contributed by atoms with E-state index in [0.29, 0.717) is 13.0 Å². The first-order chi connectivity index (χ1) is 12.9. The second-order valence-electron chi connectivity index (χ2n) is 5.77. The van der Waals surface area contributed by atoms with Gasteiger partial charge < -0.3 is 15.0 Å². The minimum absolute atomic E-state index is 0.0273. The number of carbonyl (C=O) groups is 1. The van der Waals surface area contributed by atoms with Gasteiger partial charge in [0.05, 0.1) is 17.8 Å². The molecule has 0 aliphatic carbocycles. The number of aromatic nitrogens is 2. The van der Waals surface area contributed by atoms with Crippen LogP contribution in [-0.2, 0) is 6.18 Å². The molecule has 7 nitrogen and oxygen atoms in total. The normalized spacial score (nSPS) is 16.7. The van der Waals surface area contributed by atoms with Crippen molar-refractivity contribution in [1.29, 1.82) is 5.26 Å². The van der Waals surface area contributed by atoms with Crippen molar-refractivity contribution in [3.05, 3.63) is 47.9 Å². The number of carbonyl (C=O) groups excluding carboxylic acids is 1. The number of benzene rings is 1. The topological polar surface area (TPSA) is 91.1 Å². The molecule has 1 aromatic heterocycles. The molecule has 1 fully saturated rings. The lowest BCUT2D eigenvalue weighted by Gasteiger charge is -2.19. The molecule has 2 heterocycles. The number of hydrogen-bond donors (Lipinski definition) is 1. The lowest BCUT2D eigenvalue weighted by atomic mass is 10.1. The number of alkyl halides is 3. The van der Waals surface area contributed by atoms with E-state index in [1.807, 2.05) is 6.07 Å². The number of nitrogens with zero attached hydrogens (tertiary/aromatic N) is 4. The van der Waals surface area contributed by atoms with Crippen molar-refractivity contribution in [2.45, 2.75) is 18.7 Å². The molecule has 0 bridgehead atoms. The van der Waals surface area contributed by atoms with Crippen LogP contribution in [0.15, 0.2) is 36.7 Å². The first kappa shape index (κ1) is 18.4. The summed E-state index contributed by atoms with van der Waals surface area (Å²) in [7, 11) is 0. The van der Waals surface area contributed by atoms with E-state index >= 15 is 0 Å². The summed E-state index contributed by atoms with van der Waals surface area (Å²) in [5, 5.41) is 11.3. The first-order valence-electron chi connectivity index (χ1n) is 7.98. The summed E-state index contributed by atoms with van der Waals surface area (Å²) in [6.45, 7) is 0.453. The van der Waals surface area contributed by atoms with E-state index in [-0.39, 0.29) is 23.8 Å². The monoisotopic (exact) mass is 377 g/mol. The fourth-order valence-electron chi connectivity index (χ4n) is 2.69. The molecule has 10 heteroatoms. The first-order valence-corrected chi connectivity index (χ1v) is 7.98. The highest BCUT2D eigenvalue weighted by molar-refractivity contribution is 5.90. The third-order valence-corrected chi connectivity index (χ3v) is 3.96. The number of halogens is 3. The van der Waals surface area contributed by atoms with Crippen molar-refractivity contribution in [2.24, 2.45) is 0 Å². The molecular weight excluding hydrogens is 363 g/mol. The highest BCUT2D eigenvalue weighted by atomic mass is 19.4. The number of nitrogens with one attached hydrogen (secondary N) is 1. The Labute approximate surface area is 152 Å². The maximum atomic E-state index is 13.0. The second kappa shape index (κ2) is 7.49. The number of nitriles is 1. The minimum atomic E-state index is -4.57. The van der Waals surface area contributed by atoms with E-state index in [0.717, 1.165) is 6.07 Å². The predicted molar refractivity (Wildman–Crippen MR) is 87.8 cm³/mol. The number of amides is 2. The molecular formula is C17H14F3N5O2. The number of para-hydroxylation sites is 1. The number of hydrogen-bond acceptors (Lipinski definition) is 5. The SMILES string of the molecule is N#Cc1nccnc1OC1CCN(C(=O)Nc2ccccc2C(F)(F)F)C1. The smallest absolute Gasteiger partial charge is 0.418 e. The number of rotatable bonds is 3. The van der Waals surface area contributed by atoms with Gasteiger partial charge in [0.15, 0.2) is 0 Å². The number of anilines is 1. The van der Waals surface area contributed by atoms with Crippen LogP contribution in [0.1, 0.15) is 17.7 Å². The van der Waals surface area contributed by atoms with E-state index < -0.39 is 23.9 Å². The molecule has 2 amide bonds. The maximum absolute atomic E-state index is 13.0. The van der Waals surface area contributed by atoms with Crippen LogP contribution < -0.4 is 10.1 Å². The summed E-state index contributed by atoms with van der Waals surface area (Å²) < 4.78 is 44.7. The lowest BCUT2D eigenvalue weighted by molar-refractivity contribution is -0.136. The van der Waals surface area contributed by atoms with Crippen molar-refractivity contribution in [3.8, 4) is 11.9 Å². The average molecular weight is 377 g/mol. The van der Waals surface area contributed by atoms with Crippen molar-refractivity contribution in [2.75, 3.05) is 18.4 Å². The third-order valence-electron chi connectivity index (χ3n) is 3.96. The fourth-order valence-corrected chi connectivity index (χ4v) is 2.69.